The van der Waals surface area contributed by atoms with E-state index >= 15 is 0 Å². The summed E-state index contributed by atoms with van der Waals surface area (Å²) < 4.78 is 0. The van der Waals surface area contributed by atoms with E-state index in [-0.39, 0.29) is 0 Å². The molecule has 1 saturated carbocycles. The van der Waals surface area contributed by atoms with Gasteiger partial charge in [0.15, 0.2) is 0 Å². The zero-order chi connectivity index (χ0) is 13.9. The minimum Gasteiger partial charge on any atom is -0.312 e. The van der Waals surface area contributed by atoms with Crippen LogP contribution in [0, 0.1) is 17.3 Å². The van der Waals surface area contributed by atoms with Crippen molar-refractivity contribution >= 4 is 0 Å². The second-order valence-corrected chi connectivity index (χ2v) is 8.35. The lowest BCUT2D eigenvalue weighted by atomic mass is 9.92. The molecule has 0 aromatic carbocycles. The molecule has 0 radical (unpaired) electrons. The fraction of sp³-hybridized carbons (Fsp3) is 1.00. The van der Waals surface area contributed by atoms with E-state index in [2.05, 4.69) is 37.9 Å². The molecular weight excluding hydrogens is 232 g/mol. The summed E-state index contributed by atoms with van der Waals surface area (Å²) in [6.07, 6.45) is 7.26. The van der Waals surface area contributed by atoms with Gasteiger partial charge in [0, 0.05) is 32.2 Å². The molecule has 0 aromatic rings. The molecule has 2 nitrogen and oxygen atoms in total. The maximum absolute atomic E-state index is 3.81. The number of piperidine rings is 1. The van der Waals surface area contributed by atoms with E-state index in [1.165, 1.54) is 51.7 Å². The van der Waals surface area contributed by atoms with Gasteiger partial charge in [-0.2, -0.15) is 0 Å². The average molecular weight is 266 g/mol. The number of nitrogens with one attached hydrogen (secondary N) is 1. The Hall–Kier alpha value is -0.0800. The van der Waals surface area contributed by atoms with E-state index in [1.807, 2.05) is 0 Å². The summed E-state index contributed by atoms with van der Waals surface area (Å²) in [6.45, 7) is 14.5. The van der Waals surface area contributed by atoms with Crippen molar-refractivity contribution in [2.75, 3.05) is 26.2 Å². The molecule has 0 amide bonds. The highest BCUT2D eigenvalue weighted by atomic mass is 15.2. The lowest BCUT2D eigenvalue weighted by Gasteiger charge is -2.39. The topological polar surface area (TPSA) is 15.3 Å². The zero-order valence-corrected chi connectivity index (χ0v) is 13.5. The molecule has 2 fully saturated rings. The van der Waals surface area contributed by atoms with Gasteiger partial charge in [-0.15, -0.1) is 0 Å². The lowest BCUT2D eigenvalue weighted by molar-refractivity contribution is 0.125. The smallest absolute Gasteiger partial charge is 0.0198 e. The molecule has 2 aliphatic rings. The third-order valence-electron chi connectivity index (χ3n) is 4.65. The van der Waals surface area contributed by atoms with Crippen LogP contribution < -0.4 is 5.32 Å². The van der Waals surface area contributed by atoms with Crippen LogP contribution in [0.25, 0.3) is 0 Å². The number of rotatable bonds is 4. The van der Waals surface area contributed by atoms with Crippen LogP contribution in [-0.4, -0.2) is 37.1 Å². The Bertz CT molecular complexity index is 263. The van der Waals surface area contributed by atoms with E-state index in [1.54, 1.807) is 0 Å². The number of hydrogen-bond acceptors (Lipinski definition) is 2. The van der Waals surface area contributed by atoms with Crippen LogP contribution in [0.4, 0.5) is 0 Å². The van der Waals surface area contributed by atoms with Gasteiger partial charge < -0.3 is 10.2 Å². The first-order chi connectivity index (χ1) is 8.92. The molecule has 1 heterocycles. The van der Waals surface area contributed by atoms with Gasteiger partial charge in [0.1, 0.15) is 0 Å². The van der Waals surface area contributed by atoms with Crippen LogP contribution in [-0.2, 0) is 0 Å². The molecule has 1 N–H and O–H groups in total. The van der Waals surface area contributed by atoms with Crippen molar-refractivity contribution in [3.8, 4) is 0 Å². The minimum atomic E-state index is 0.400. The highest BCUT2D eigenvalue weighted by molar-refractivity contribution is 4.84. The van der Waals surface area contributed by atoms with Crippen LogP contribution in [0.3, 0.4) is 0 Å². The van der Waals surface area contributed by atoms with E-state index in [9.17, 15) is 0 Å². The minimum absolute atomic E-state index is 0.400. The predicted molar refractivity (Wildman–Crippen MR) is 83.4 cm³/mol. The fourth-order valence-corrected chi connectivity index (χ4v) is 3.77. The van der Waals surface area contributed by atoms with Crippen LogP contribution in [0.5, 0.6) is 0 Å². The molecule has 2 unspecified atom stereocenters. The van der Waals surface area contributed by atoms with Gasteiger partial charge in [0.25, 0.3) is 0 Å². The quantitative estimate of drug-likeness (QED) is 0.837. The predicted octanol–water partition coefficient (Wildman–Crippen LogP) is 3.52. The molecule has 1 saturated heterocycles. The molecule has 0 aromatic heterocycles. The standard InChI is InChI=1S/C17H34N2/c1-14-9-16(18-13-17(2,3)4)12-19(10-14)11-15-7-5-6-8-15/h14-16,18H,5-13H2,1-4H3. The largest absolute Gasteiger partial charge is 0.312 e. The summed E-state index contributed by atoms with van der Waals surface area (Å²) in [6, 6.07) is 0.712. The van der Waals surface area contributed by atoms with Gasteiger partial charge in [0.2, 0.25) is 0 Å². The molecule has 2 rings (SSSR count). The van der Waals surface area contributed by atoms with Crippen LogP contribution in [0.15, 0.2) is 0 Å². The first-order valence-corrected chi connectivity index (χ1v) is 8.38. The van der Waals surface area contributed by atoms with Crippen LogP contribution in [0.1, 0.15) is 59.8 Å². The van der Waals surface area contributed by atoms with Crippen molar-refractivity contribution < 1.29 is 0 Å². The van der Waals surface area contributed by atoms with Crippen molar-refractivity contribution in [2.45, 2.75) is 65.8 Å². The molecule has 19 heavy (non-hydrogen) atoms. The molecule has 1 aliphatic heterocycles. The second kappa shape index (κ2) is 6.58. The third kappa shape index (κ3) is 5.43. The number of nitrogens with zero attached hydrogens (tertiary/aromatic N) is 1. The summed E-state index contributed by atoms with van der Waals surface area (Å²) in [5, 5.41) is 3.81. The van der Waals surface area contributed by atoms with E-state index in [4.69, 9.17) is 0 Å². The van der Waals surface area contributed by atoms with Crippen molar-refractivity contribution in [3.05, 3.63) is 0 Å². The lowest BCUT2D eigenvalue weighted by Crippen LogP contribution is -2.51. The van der Waals surface area contributed by atoms with Crippen molar-refractivity contribution in [3.63, 3.8) is 0 Å². The fourth-order valence-electron chi connectivity index (χ4n) is 3.77. The Morgan fingerprint density at radius 2 is 1.79 bits per heavy atom. The van der Waals surface area contributed by atoms with E-state index in [0.717, 1.165) is 18.4 Å². The van der Waals surface area contributed by atoms with Crippen molar-refractivity contribution in [1.82, 2.24) is 10.2 Å². The molecule has 2 heteroatoms. The van der Waals surface area contributed by atoms with Crippen LogP contribution in [0.2, 0.25) is 0 Å². The van der Waals surface area contributed by atoms with Crippen molar-refractivity contribution in [2.24, 2.45) is 17.3 Å². The Balaban J connectivity index is 1.78. The molecule has 1 aliphatic carbocycles. The van der Waals surface area contributed by atoms with Gasteiger partial charge in [-0.05, 0) is 36.5 Å². The maximum atomic E-state index is 3.81. The molecule has 0 bridgehead atoms. The number of hydrogen-bond donors (Lipinski definition) is 1. The first-order valence-electron chi connectivity index (χ1n) is 8.38. The van der Waals surface area contributed by atoms with E-state index in [0.29, 0.717) is 11.5 Å². The summed E-state index contributed by atoms with van der Waals surface area (Å²) in [5.41, 5.74) is 0.400. The van der Waals surface area contributed by atoms with Crippen molar-refractivity contribution in [1.29, 1.82) is 0 Å². The summed E-state index contributed by atoms with van der Waals surface area (Å²) in [5.74, 6) is 1.85. The summed E-state index contributed by atoms with van der Waals surface area (Å²) >= 11 is 0. The van der Waals surface area contributed by atoms with Gasteiger partial charge in [-0.1, -0.05) is 40.5 Å². The second-order valence-electron chi connectivity index (χ2n) is 8.35. The van der Waals surface area contributed by atoms with Gasteiger partial charge >= 0.3 is 0 Å². The average Bonchev–Trinajstić information content (AvgIpc) is 2.77. The Labute approximate surface area is 120 Å². The highest BCUT2D eigenvalue weighted by Crippen LogP contribution is 2.27. The normalized spacial score (nSPS) is 30.9. The van der Waals surface area contributed by atoms with Crippen LogP contribution >= 0.6 is 0 Å². The molecule has 0 spiro atoms. The molecule has 112 valence electrons. The maximum Gasteiger partial charge on any atom is 0.0198 e. The zero-order valence-electron chi connectivity index (χ0n) is 13.5. The van der Waals surface area contributed by atoms with Gasteiger partial charge in [-0.25, -0.2) is 0 Å². The monoisotopic (exact) mass is 266 g/mol. The Morgan fingerprint density at radius 3 is 2.42 bits per heavy atom. The number of likely N-dealkylation sites (tertiary alicyclic amines) is 1. The Kier molecular flexibility index (Phi) is 5.30. The highest BCUT2D eigenvalue weighted by Gasteiger charge is 2.27. The summed E-state index contributed by atoms with van der Waals surface area (Å²) in [4.78, 5) is 2.74. The first kappa shape index (κ1) is 15.3. The Morgan fingerprint density at radius 1 is 1.11 bits per heavy atom. The summed E-state index contributed by atoms with van der Waals surface area (Å²) in [7, 11) is 0. The third-order valence-corrected chi connectivity index (χ3v) is 4.65. The van der Waals surface area contributed by atoms with Gasteiger partial charge in [0.05, 0.1) is 0 Å². The molecular formula is C17H34N2. The van der Waals surface area contributed by atoms with Gasteiger partial charge in [-0.3, -0.25) is 0 Å². The molecule has 2 atom stereocenters. The van der Waals surface area contributed by atoms with E-state index < -0.39 is 0 Å². The SMILES string of the molecule is CC1CC(NCC(C)(C)C)CN(CC2CCCC2)C1.